The maximum atomic E-state index is 12.8. The van der Waals surface area contributed by atoms with Gasteiger partial charge >= 0.3 is 12.1 Å². The van der Waals surface area contributed by atoms with Gasteiger partial charge in [0.15, 0.2) is 0 Å². The average molecular weight is 297 g/mol. The number of aliphatic carboxylic acids is 1. The summed E-state index contributed by atoms with van der Waals surface area (Å²) in [6, 6.07) is 5.80. The van der Waals surface area contributed by atoms with E-state index in [1.165, 1.54) is 0 Å². The number of fused-ring (bicyclic) bond motifs is 1. The minimum atomic E-state index is -4.47. The molecule has 1 aromatic heterocycles. The lowest BCUT2D eigenvalue weighted by Gasteiger charge is -2.25. The minimum absolute atomic E-state index is 0.326. The molecule has 1 heterocycles. The molecule has 0 spiro atoms. The second-order valence-corrected chi connectivity index (χ2v) is 5.54. The zero-order chi connectivity index (χ0) is 15.3. The Morgan fingerprint density at radius 2 is 1.90 bits per heavy atom. The maximum Gasteiger partial charge on any atom is 0.431 e. The lowest BCUT2D eigenvalue weighted by Crippen LogP contribution is -2.32. The molecule has 0 saturated heterocycles. The van der Waals surface area contributed by atoms with E-state index in [9.17, 15) is 23.1 Å². The first-order chi connectivity index (χ1) is 9.84. The maximum absolute atomic E-state index is 12.8. The van der Waals surface area contributed by atoms with Crippen LogP contribution in [0.5, 0.6) is 0 Å². The summed E-state index contributed by atoms with van der Waals surface area (Å²) in [5.74, 6) is -0.956. The Morgan fingerprint density at radius 3 is 2.48 bits per heavy atom. The highest BCUT2D eigenvalue weighted by molar-refractivity contribution is 5.92. The molecule has 6 heteroatoms. The van der Waals surface area contributed by atoms with Gasteiger partial charge < -0.3 is 10.1 Å². The Kier molecular flexibility index (Phi) is 3.00. The third-order valence-electron chi connectivity index (χ3n) is 4.35. The Labute approximate surface area is 118 Å². The molecule has 1 aliphatic carbocycles. The number of H-pyrrole nitrogens is 1. The van der Waals surface area contributed by atoms with E-state index in [1.54, 1.807) is 18.2 Å². The monoisotopic (exact) mass is 297 g/mol. The number of carboxylic acids is 1. The summed E-state index contributed by atoms with van der Waals surface area (Å²) in [5, 5.41) is 9.97. The van der Waals surface area contributed by atoms with E-state index < -0.39 is 23.3 Å². The fourth-order valence-corrected chi connectivity index (χ4v) is 3.30. The Morgan fingerprint density at radius 1 is 1.24 bits per heavy atom. The van der Waals surface area contributed by atoms with E-state index in [1.807, 2.05) is 0 Å². The van der Waals surface area contributed by atoms with Crippen LogP contribution in [-0.2, 0) is 16.4 Å². The van der Waals surface area contributed by atoms with Crippen molar-refractivity contribution in [3.8, 4) is 0 Å². The second-order valence-electron chi connectivity index (χ2n) is 5.54. The van der Waals surface area contributed by atoms with Gasteiger partial charge in [-0.3, -0.25) is 4.79 Å². The first kappa shape index (κ1) is 14.0. The van der Waals surface area contributed by atoms with E-state index in [0.717, 1.165) is 18.9 Å². The van der Waals surface area contributed by atoms with Crippen LogP contribution in [0.2, 0.25) is 0 Å². The number of halogens is 3. The largest absolute Gasteiger partial charge is 0.481 e. The highest BCUT2D eigenvalue weighted by atomic mass is 19.4. The standard InChI is InChI=1S/C15H14F3NO2/c16-15(17,18)12-8-9-10(4-3-5-11(9)19-12)14(13(20)21)6-1-2-7-14/h3-5,8,19H,1-2,6-7H2,(H,20,21). The molecule has 0 unspecified atom stereocenters. The van der Waals surface area contributed by atoms with E-state index in [0.29, 0.717) is 29.3 Å². The smallest absolute Gasteiger partial charge is 0.431 e. The highest BCUT2D eigenvalue weighted by Crippen LogP contribution is 2.45. The van der Waals surface area contributed by atoms with Crippen LogP contribution in [0.15, 0.2) is 24.3 Å². The van der Waals surface area contributed by atoms with Crippen molar-refractivity contribution >= 4 is 16.9 Å². The van der Waals surface area contributed by atoms with E-state index in [4.69, 9.17) is 0 Å². The molecule has 1 aliphatic rings. The van der Waals surface area contributed by atoms with Crippen molar-refractivity contribution in [1.29, 1.82) is 0 Å². The number of hydrogen-bond donors (Lipinski definition) is 2. The fourth-order valence-electron chi connectivity index (χ4n) is 3.30. The Bertz CT molecular complexity index is 696. The zero-order valence-corrected chi connectivity index (χ0v) is 11.1. The predicted molar refractivity (Wildman–Crippen MR) is 71.1 cm³/mol. The van der Waals surface area contributed by atoms with Crippen LogP contribution in [0.4, 0.5) is 13.2 Å². The molecule has 2 N–H and O–H groups in total. The van der Waals surface area contributed by atoms with Gasteiger partial charge in [-0.2, -0.15) is 13.2 Å². The van der Waals surface area contributed by atoms with Crippen LogP contribution < -0.4 is 0 Å². The summed E-state index contributed by atoms with van der Waals surface area (Å²) in [6.07, 6.45) is -1.98. The van der Waals surface area contributed by atoms with Gasteiger partial charge in [-0.15, -0.1) is 0 Å². The van der Waals surface area contributed by atoms with Crippen molar-refractivity contribution in [1.82, 2.24) is 4.98 Å². The van der Waals surface area contributed by atoms with Crippen LogP contribution in [-0.4, -0.2) is 16.1 Å². The normalized spacial score (nSPS) is 18.2. The van der Waals surface area contributed by atoms with Gasteiger partial charge in [0.2, 0.25) is 0 Å². The number of aromatic nitrogens is 1. The molecule has 2 aromatic rings. The summed E-state index contributed by atoms with van der Waals surface area (Å²) in [4.78, 5) is 14.1. The number of hydrogen-bond acceptors (Lipinski definition) is 1. The van der Waals surface area contributed by atoms with E-state index in [2.05, 4.69) is 4.98 Å². The third-order valence-corrected chi connectivity index (χ3v) is 4.35. The van der Waals surface area contributed by atoms with Gasteiger partial charge in [-0.25, -0.2) is 0 Å². The van der Waals surface area contributed by atoms with Crippen LogP contribution in [0.3, 0.4) is 0 Å². The van der Waals surface area contributed by atoms with Gasteiger partial charge in [-0.1, -0.05) is 25.0 Å². The molecular weight excluding hydrogens is 283 g/mol. The topological polar surface area (TPSA) is 53.1 Å². The van der Waals surface area contributed by atoms with Gasteiger partial charge in [0.25, 0.3) is 0 Å². The van der Waals surface area contributed by atoms with Gasteiger partial charge in [0.05, 0.1) is 5.41 Å². The molecule has 0 bridgehead atoms. The SMILES string of the molecule is O=C(O)C1(c2cccc3[nH]c(C(F)(F)F)cc23)CCCC1. The first-order valence-corrected chi connectivity index (χ1v) is 6.77. The van der Waals surface area contributed by atoms with Gasteiger partial charge in [0, 0.05) is 10.9 Å². The third kappa shape index (κ3) is 2.09. The number of aromatic amines is 1. The molecule has 0 amide bonds. The average Bonchev–Trinajstić information content (AvgIpc) is 3.05. The number of rotatable bonds is 2. The van der Waals surface area contributed by atoms with Crippen LogP contribution >= 0.6 is 0 Å². The molecule has 0 radical (unpaired) electrons. The van der Waals surface area contributed by atoms with Crippen molar-refractivity contribution in [2.24, 2.45) is 0 Å². The Hall–Kier alpha value is -1.98. The molecule has 1 saturated carbocycles. The fraction of sp³-hybridized carbons (Fsp3) is 0.400. The van der Waals surface area contributed by atoms with Gasteiger partial charge in [0.1, 0.15) is 5.69 Å². The van der Waals surface area contributed by atoms with Crippen molar-refractivity contribution in [3.05, 3.63) is 35.5 Å². The van der Waals surface area contributed by atoms with Crippen LogP contribution in [0.25, 0.3) is 10.9 Å². The number of alkyl halides is 3. The molecule has 1 fully saturated rings. The van der Waals surface area contributed by atoms with Gasteiger partial charge in [-0.05, 0) is 30.5 Å². The summed E-state index contributed by atoms with van der Waals surface area (Å²) in [6.45, 7) is 0. The highest BCUT2D eigenvalue weighted by Gasteiger charge is 2.44. The summed E-state index contributed by atoms with van der Waals surface area (Å²) < 4.78 is 38.5. The molecular formula is C15H14F3NO2. The second kappa shape index (κ2) is 4.51. The minimum Gasteiger partial charge on any atom is -0.481 e. The molecule has 0 aliphatic heterocycles. The molecule has 112 valence electrons. The van der Waals surface area contributed by atoms with Crippen LogP contribution in [0, 0.1) is 0 Å². The number of benzene rings is 1. The summed E-state index contributed by atoms with van der Waals surface area (Å²) >= 11 is 0. The molecule has 1 aromatic carbocycles. The van der Waals surface area contributed by atoms with Crippen molar-refractivity contribution in [3.63, 3.8) is 0 Å². The Balaban J connectivity index is 2.23. The number of carbonyl (C=O) groups is 1. The number of nitrogens with one attached hydrogen (secondary N) is 1. The molecule has 0 atom stereocenters. The quantitative estimate of drug-likeness (QED) is 0.877. The predicted octanol–water partition coefficient (Wildman–Crippen LogP) is 4.08. The lowest BCUT2D eigenvalue weighted by atomic mass is 9.77. The summed E-state index contributed by atoms with van der Waals surface area (Å²) in [5.41, 5.74) is -1.10. The van der Waals surface area contributed by atoms with Crippen molar-refractivity contribution < 1.29 is 23.1 Å². The molecule has 3 nitrogen and oxygen atoms in total. The van der Waals surface area contributed by atoms with E-state index >= 15 is 0 Å². The lowest BCUT2D eigenvalue weighted by molar-refractivity contribution is -0.143. The van der Waals surface area contributed by atoms with Crippen LogP contribution in [0.1, 0.15) is 36.9 Å². The molecule has 3 rings (SSSR count). The summed E-state index contributed by atoms with van der Waals surface area (Å²) in [7, 11) is 0. The first-order valence-electron chi connectivity index (χ1n) is 6.77. The number of carboxylic acid groups (broad SMARTS) is 1. The van der Waals surface area contributed by atoms with Crippen molar-refractivity contribution in [2.45, 2.75) is 37.3 Å². The zero-order valence-electron chi connectivity index (χ0n) is 11.1. The molecule has 21 heavy (non-hydrogen) atoms. The van der Waals surface area contributed by atoms with Crippen molar-refractivity contribution in [2.75, 3.05) is 0 Å². The van der Waals surface area contributed by atoms with E-state index in [-0.39, 0.29) is 0 Å².